The normalized spacial score (nSPS) is 11.1. The Morgan fingerprint density at radius 3 is 3.00 bits per heavy atom. The van der Waals surface area contributed by atoms with Gasteiger partial charge in [0, 0.05) is 29.9 Å². The molecule has 1 aromatic carbocycles. The standard InChI is InChI=1S/C10H11BrN2O/c1-13-10-3-2-7(11)6-8(10)9(12-13)4-5-14/h2-3,6,14H,4-5H2,1H3. The number of fused-ring (bicyclic) bond motifs is 1. The van der Waals surface area contributed by atoms with E-state index >= 15 is 0 Å². The van der Waals surface area contributed by atoms with Crippen molar-refractivity contribution in [3.05, 3.63) is 28.4 Å². The van der Waals surface area contributed by atoms with Gasteiger partial charge in [0.2, 0.25) is 0 Å². The lowest BCUT2D eigenvalue weighted by Crippen LogP contribution is -1.94. The van der Waals surface area contributed by atoms with Crippen LogP contribution in [0.25, 0.3) is 10.9 Å². The summed E-state index contributed by atoms with van der Waals surface area (Å²) in [5.41, 5.74) is 2.04. The van der Waals surface area contributed by atoms with Gasteiger partial charge in [0.15, 0.2) is 0 Å². The minimum Gasteiger partial charge on any atom is -0.396 e. The van der Waals surface area contributed by atoms with E-state index in [1.165, 1.54) is 0 Å². The SMILES string of the molecule is Cn1nc(CCO)c2cc(Br)ccc21. The minimum atomic E-state index is 0.138. The topological polar surface area (TPSA) is 38.0 Å². The number of aliphatic hydroxyl groups is 1. The maximum Gasteiger partial charge on any atom is 0.0726 e. The summed E-state index contributed by atoms with van der Waals surface area (Å²) in [5, 5.41) is 14.4. The summed E-state index contributed by atoms with van der Waals surface area (Å²) < 4.78 is 2.88. The Morgan fingerprint density at radius 1 is 1.50 bits per heavy atom. The van der Waals surface area contributed by atoms with E-state index in [0.29, 0.717) is 6.42 Å². The third-order valence-corrected chi connectivity index (χ3v) is 2.73. The molecule has 0 bridgehead atoms. The van der Waals surface area contributed by atoms with Crippen molar-refractivity contribution < 1.29 is 5.11 Å². The lowest BCUT2D eigenvalue weighted by Gasteiger charge is -1.94. The van der Waals surface area contributed by atoms with Gasteiger partial charge in [0.25, 0.3) is 0 Å². The fourth-order valence-corrected chi connectivity index (χ4v) is 1.96. The van der Waals surface area contributed by atoms with Crippen LogP contribution in [0.1, 0.15) is 5.69 Å². The number of aryl methyl sites for hydroxylation is 1. The summed E-state index contributed by atoms with van der Waals surface area (Å²) >= 11 is 3.43. The number of aliphatic hydroxyl groups excluding tert-OH is 1. The van der Waals surface area contributed by atoms with Crippen LogP contribution in [0.2, 0.25) is 0 Å². The molecule has 0 radical (unpaired) electrons. The second kappa shape index (κ2) is 3.71. The molecular weight excluding hydrogens is 244 g/mol. The van der Waals surface area contributed by atoms with Crippen molar-refractivity contribution in [2.75, 3.05) is 6.61 Å². The molecule has 0 saturated carbocycles. The van der Waals surface area contributed by atoms with Crippen LogP contribution in [-0.4, -0.2) is 21.5 Å². The van der Waals surface area contributed by atoms with Gasteiger partial charge in [0.1, 0.15) is 0 Å². The van der Waals surface area contributed by atoms with E-state index in [-0.39, 0.29) is 6.61 Å². The van der Waals surface area contributed by atoms with Gasteiger partial charge in [0.05, 0.1) is 11.2 Å². The molecule has 1 heterocycles. The molecule has 0 spiro atoms. The Morgan fingerprint density at radius 2 is 2.29 bits per heavy atom. The summed E-state index contributed by atoms with van der Waals surface area (Å²) in [7, 11) is 1.91. The highest BCUT2D eigenvalue weighted by atomic mass is 79.9. The zero-order chi connectivity index (χ0) is 10.1. The molecule has 0 saturated heterocycles. The van der Waals surface area contributed by atoms with E-state index in [4.69, 9.17) is 5.11 Å². The van der Waals surface area contributed by atoms with E-state index in [0.717, 1.165) is 21.1 Å². The van der Waals surface area contributed by atoms with Crippen LogP contribution in [0.3, 0.4) is 0 Å². The largest absolute Gasteiger partial charge is 0.396 e. The first kappa shape index (κ1) is 9.68. The molecule has 0 aliphatic heterocycles. The van der Waals surface area contributed by atoms with Crippen LogP contribution in [-0.2, 0) is 13.5 Å². The first-order chi connectivity index (χ1) is 6.72. The van der Waals surface area contributed by atoms with Gasteiger partial charge in [-0.2, -0.15) is 5.10 Å². The molecule has 0 unspecified atom stereocenters. The van der Waals surface area contributed by atoms with Crippen molar-refractivity contribution in [1.82, 2.24) is 9.78 Å². The van der Waals surface area contributed by atoms with Crippen molar-refractivity contribution in [2.45, 2.75) is 6.42 Å². The number of rotatable bonds is 2. The van der Waals surface area contributed by atoms with Crippen LogP contribution in [0.15, 0.2) is 22.7 Å². The third-order valence-electron chi connectivity index (χ3n) is 2.24. The van der Waals surface area contributed by atoms with Crippen LogP contribution in [0, 0.1) is 0 Å². The van der Waals surface area contributed by atoms with Gasteiger partial charge in [-0.15, -0.1) is 0 Å². The molecule has 1 aromatic heterocycles. The highest BCUT2D eigenvalue weighted by Gasteiger charge is 2.07. The lowest BCUT2D eigenvalue weighted by molar-refractivity contribution is 0.298. The first-order valence-corrected chi connectivity index (χ1v) is 5.23. The first-order valence-electron chi connectivity index (χ1n) is 4.44. The quantitative estimate of drug-likeness (QED) is 0.889. The van der Waals surface area contributed by atoms with Crippen LogP contribution >= 0.6 is 15.9 Å². The molecule has 2 aromatic rings. The molecule has 3 nitrogen and oxygen atoms in total. The molecular formula is C10H11BrN2O. The number of halogens is 1. The van der Waals surface area contributed by atoms with Gasteiger partial charge < -0.3 is 5.11 Å². The Kier molecular flexibility index (Phi) is 2.56. The number of nitrogens with zero attached hydrogens (tertiary/aromatic N) is 2. The number of aromatic nitrogens is 2. The summed E-state index contributed by atoms with van der Waals surface area (Å²) in [4.78, 5) is 0. The maximum atomic E-state index is 8.90. The molecule has 4 heteroatoms. The molecule has 1 N–H and O–H groups in total. The maximum absolute atomic E-state index is 8.90. The molecule has 14 heavy (non-hydrogen) atoms. The predicted molar refractivity (Wildman–Crippen MR) is 59.2 cm³/mol. The monoisotopic (exact) mass is 254 g/mol. The van der Waals surface area contributed by atoms with Gasteiger partial charge in [-0.1, -0.05) is 15.9 Å². The van der Waals surface area contributed by atoms with Crippen molar-refractivity contribution in [3.8, 4) is 0 Å². The van der Waals surface area contributed by atoms with Gasteiger partial charge in [-0.3, -0.25) is 4.68 Å². The predicted octanol–water partition coefficient (Wildman–Crippen LogP) is 1.87. The molecule has 74 valence electrons. The van der Waals surface area contributed by atoms with E-state index in [2.05, 4.69) is 21.0 Å². The fourth-order valence-electron chi connectivity index (χ4n) is 1.60. The van der Waals surface area contributed by atoms with Crippen molar-refractivity contribution >= 4 is 26.8 Å². The highest BCUT2D eigenvalue weighted by molar-refractivity contribution is 9.10. The Hall–Kier alpha value is -0.870. The van der Waals surface area contributed by atoms with E-state index < -0.39 is 0 Å². The number of benzene rings is 1. The van der Waals surface area contributed by atoms with E-state index in [1.54, 1.807) is 0 Å². The molecule has 0 fully saturated rings. The molecule has 0 aliphatic rings. The lowest BCUT2D eigenvalue weighted by atomic mass is 10.2. The second-order valence-corrected chi connectivity index (χ2v) is 4.12. The fraction of sp³-hybridized carbons (Fsp3) is 0.300. The van der Waals surface area contributed by atoms with Gasteiger partial charge in [-0.25, -0.2) is 0 Å². The zero-order valence-corrected chi connectivity index (χ0v) is 9.45. The highest BCUT2D eigenvalue weighted by Crippen LogP contribution is 2.22. The van der Waals surface area contributed by atoms with E-state index in [1.807, 2.05) is 29.9 Å². The Labute approximate surface area is 90.5 Å². The van der Waals surface area contributed by atoms with Crippen molar-refractivity contribution in [3.63, 3.8) is 0 Å². The zero-order valence-electron chi connectivity index (χ0n) is 7.87. The van der Waals surface area contributed by atoms with Crippen LogP contribution in [0.4, 0.5) is 0 Å². The summed E-state index contributed by atoms with van der Waals surface area (Å²) in [6, 6.07) is 6.05. The summed E-state index contributed by atoms with van der Waals surface area (Å²) in [6.07, 6.45) is 0.605. The molecule has 0 amide bonds. The molecule has 2 rings (SSSR count). The average Bonchev–Trinajstić information content (AvgIpc) is 2.44. The summed E-state index contributed by atoms with van der Waals surface area (Å²) in [6.45, 7) is 0.138. The third kappa shape index (κ3) is 1.55. The number of hydrogen-bond donors (Lipinski definition) is 1. The summed E-state index contributed by atoms with van der Waals surface area (Å²) in [5.74, 6) is 0. The second-order valence-electron chi connectivity index (χ2n) is 3.21. The minimum absolute atomic E-state index is 0.138. The molecule has 0 aliphatic carbocycles. The smallest absolute Gasteiger partial charge is 0.0726 e. The molecule has 0 atom stereocenters. The Balaban J connectivity index is 2.66. The number of hydrogen-bond acceptors (Lipinski definition) is 2. The Bertz CT molecular complexity index is 464. The van der Waals surface area contributed by atoms with Crippen LogP contribution < -0.4 is 0 Å². The van der Waals surface area contributed by atoms with E-state index in [9.17, 15) is 0 Å². The van der Waals surface area contributed by atoms with Gasteiger partial charge >= 0.3 is 0 Å². The van der Waals surface area contributed by atoms with Crippen molar-refractivity contribution in [1.29, 1.82) is 0 Å². The average molecular weight is 255 g/mol. The van der Waals surface area contributed by atoms with Crippen LogP contribution in [0.5, 0.6) is 0 Å². The van der Waals surface area contributed by atoms with Crippen molar-refractivity contribution in [2.24, 2.45) is 7.05 Å². The van der Waals surface area contributed by atoms with Gasteiger partial charge in [-0.05, 0) is 18.2 Å².